The maximum atomic E-state index is 13.2. The number of halogens is 1. The van der Waals surface area contributed by atoms with E-state index in [9.17, 15) is 9.18 Å². The zero-order chi connectivity index (χ0) is 15.1. The Bertz CT molecular complexity index is 510. The van der Waals surface area contributed by atoms with E-state index in [1.165, 1.54) is 18.2 Å². The van der Waals surface area contributed by atoms with Crippen molar-refractivity contribution >= 4 is 11.6 Å². The molecule has 2 unspecified atom stereocenters. The van der Waals surface area contributed by atoms with Gasteiger partial charge in [-0.25, -0.2) is 4.39 Å². The summed E-state index contributed by atoms with van der Waals surface area (Å²) in [6.45, 7) is 5.75. The summed E-state index contributed by atoms with van der Waals surface area (Å²) in [5.74, 6) is -0.680. The molecule has 0 aliphatic heterocycles. The lowest BCUT2D eigenvalue weighted by Gasteiger charge is -2.19. The number of rotatable bonds is 6. The van der Waals surface area contributed by atoms with Crippen LogP contribution in [0, 0.1) is 17.1 Å². The molecule has 5 heteroatoms. The molecule has 2 N–H and O–H groups in total. The Balaban J connectivity index is 2.64. The lowest BCUT2D eigenvalue weighted by Crippen LogP contribution is -2.42. The minimum atomic E-state index is -0.563. The lowest BCUT2D eigenvalue weighted by atomic mass is 10.1. The third-order valence-electron chi connectivity index (χ3n) is 2.97. The summed E-state index contributed by atoms with van der Waals surface area (Å²) in [7, 11) is 0. The molecule has 0 heterocycles. The predicted octanol–water partition coefficient (Wildman–Crippen LogP) is 2.80. The molecule has 2 atom stereocenters. The van der Waals surface area contributed by atoms with Crippen molar-refractivity contribution in [1.29, 1.82) is 5.26 Å². The number of nitriles is 1. The minimum Gasteiger partial charge on any atom is -0.374 e. The molecule has 0 aliphatic rings. The van der Waals surface area contributed by atoms with Crippen molar-refractivity contribution in [2.75, 3.05) is 5.32 Å². The van der Waals surface area contributed by atoms with Crippen LogP contribution in [0.2, 0.25) is 0 Å². The number of nitrogens with one attached hydrogen (secondary N) is 2. The number of anilines is 1. The average Bonchev–Trinajstić information content (AvgIpc) is 2.41. The first-order valence-electron chi connectivity index (χ1n) is 6.74. The number of carbonyl (C=O) groups is 1. The predicted molar refractivity (Wildman–Crippen MR) is 76.7 cm³/mol. The van der Waals surface area contributed by atoms with Gasteiger partial charge in [-0.15, -0.1) is 0 Å². The van der Waals surface area contributed by atoms with E-state index in [1.54, 1.807) is 13.0 Å². The van der Waals surface area contributed by atoms with E-state index in [-0.39, 0.29) is 17.5 Å². The van der Waals surface area contributed by atoms with Crippen molar-refractivity contribution in [1.82, 2.24) is 5.32 Å². The summed E-state index contributed by atoms with van der Waals surface area (Å²) in [6, 6.07) is 5.56. The molecule has 0 radical (unpaired) electrons. The van der Waals surface area contributed by atoms with Crippen LogP contribution in [0.3, 0.4) is 0 Å². The van der Waals surface area contributed by atoms with E-state index < -0.39 is 11.9 Å². The molecule has 1 aromatic rings. The van der Waals surface area contributed by atoms with Gasteiger partial charge in [0, 0.05) is 11.7 Å². The Kier molecular flexibility index (Phi) is 5.98. The normalized spacial score (nSPS) is 13.2. The fourth-order valence-corrected chi connectivity index (χ4v) is 1.89. The van der Waals surface area contributed by atoms with Gasteiger partial charge in [-0.2, -0.15) is 5.26 Å². The zero-order valence-electron chi connectivity index (χ0n) is 12.0. The fourth-order valence-electron chi connectivity index (χ4n) is 1.89. The highest BCUT2D eigenvalue weighted by molar-refractivity contribution is 5.84. The fraction of sp³-hybridized carbons (Fsp3) is 0.467. The molecule has 20 heavy (non-hydrogen) atoms. The van der Waals surface area contributed by atoms with Crippen molar-refractivity contribution < 1.29 is 9.18 Å². The maximum absolute atomic E-state index is 13.2. The molecule has 4 nitrogen and oxygen atoms in total. The molecule has 1 rings (SSSR count). The van der Waals surface area contributed by atoms with Crippen LogP contribution in [0.25, 0.3) is 0 Å². The first kappa shape index (κ1) is 16.0. The SMILES string of the molecule is CCCC(C)NC(=O)C(C)Nc1ccc(F)c(C#N)c1. The van der Waals surface area contributed by atoms with Gasteiger partial charge in [-0.1, -0.05) is 13.3 Å². The van der Waals surface area contributed by atoms with Gasteiger partial charge in [-0.05, 0) is 38.5 Å². The maximum Gasteiger partial charge on any atom is 0.242 e. The van der Waals surface area contributed by atoms with Crippen LogP contribution in [-0.2, 0) is 4.79 Å². The Morgan fingerprint density at radius 2 is 2.15 bits per heavy atom. The molecule has 108 valence electrons. The highest BCUT2D eigenvalue weighted by atomic mass is 19.1. The number of carbonyl (C=O) groups excluding carboxylic acids is 1. The number of hydrogen-bond acceptors (Lipinski definition) is 3. The first-order chi connectivity index (χ1) is 9.47. The van der Waals surface area contributed by atoms with Crippen LogP contribution in [0.15, 0.2) is 18.2 Å². The van der Waals surface area contributed by atoms with Crippen LogP contribution < -0.4 is 10.6 Å². The van der Waals surface area contributed by atoms with Crippen LogP contribution >= 0.6 is 0 Å². The van der Waals surface area contributed by atoms with E-state index in [4.69, 9.17) is 5.26 Å². The summed E-state index contributed by atoms with van der Waals surface area (Å²) < 4.78 is 13.2. The highest BCUT2D eigenvalue weighted by Gasteiger charge is 2.15. The lowest BCUT2D eigenvalue weighted by molar-refractivity contribution is -0.122. The molecule has 0 aliphatic carbocycles. The monoisotopic (exact) mass is 277 g/mol. The van der Waals surface area contributed by atoms with Gasteiger partial charge >= 0.3 is 0 Å². The molecule has 0 saturated carbocycles. The largest absolute Gasteiger partial charge is 0.374 e. The molecular formula is C15H20FN3O. The summed E-state index contributed by atoms with van der Waals surface area (Å²) >= 11 is 0. The van der Waals surface area contributed by atoms with E-state index in [0.29, 0.717) is 5.69 Å². The number of amides is 1. The Morgan fingerprint density at radius 3 is 2.75 bits per heavy atom. The van der Waals surface area contributed by atoms with Gasteiger partial charge in [0.15, 0.2) is 0 Å². The van der Waals surface area contributed by atoms with Gasteiger partial charge in [0.25, 0.3) is 0 Å². The first-order valence-corrected chi connectivity index (χ1v) is 6.74. The van der Waals surface area contributed by atoms with Crippen molar-refractivity contribution in [3.63, 3.8) is 0 Å². The standard InChI is InChI=1S/C15H20FN3O/c1-4-5-10(2)18-15(20)11(3)19-13-6-7-14(16)12(8-13)9-17/h6-8,10-11,19H,4-5H2,1-3H3,(H,18,20). The number of hydrogen-bond donors (Lipinski definition) is 2. The Labute approximate surface area is 119 Å². The second-order valence-electron chi connectivity index (χ2n) is 4.87. The summed E-state index contributed by atoms with van der Waals surface area (Å²) in [4.78, 5) is 11.9. The molecule has 0 spiro atoms. The van der Waals surface area contributed by atoms with Gasteiger partial charge in [0.05, 0.1) is 5.56 Å². The Hall–Kier alpha value is -2.09. The third kappa shape index (κ3) is 4.54. The van der Waals surface area contributed by atoms with Crippen molar-refractivity contribution in [2.45, 2.75) is 45.7 Å². The van der Waals surface area contributed by atoms with Gasteiger partial charge in [0.2, 0.25) is 5.91 Å². The van der Waals surface area contributed by atoms with Crippen LogP contribution in [0.5, 0.6) is 0 Å². The highest BCUT2D eigenvalue weighted by Crippen LogP contribution is 2.14. The van der Waals surface area contributed by atoms with Crippen molar-refractivity contribution in [3.8, 4) is 6.07 Å². The Morgan fingerprint density at radius 1 is 1.45 bits per heavy atom. The quantitative estimate of drug-likeness (QED) is 0.840. The molecule has 0 saturated heterocycles. The van der Waals surface area contributed by atoms with Gasteiger partial charge in [0.1, 0.15) is 17.9 Å². The van der Waals surface area contributed by atoms with Crippen LogP contribution in [0.4, 0.5) is 10.1 Å². The average molecular weight is 277 g/mol. The number of benzene rings is 1. The van der Waals surface area contributed by atoms with Crippen LogP contribution in [0.1, 0.15) is 39.2 Å². The van der Waals surface area contributed by atoms with E-state index in [0.717, 1.165) is 12.8 Å². The summed E-state index contributed by atoms with van der Waals surface area (Å²) in [6.07, 6.45) is 1.93. The van der Waals surface area contributed by atoms with Crippen molar-refractivity contribution in [3.05, 3.63) is 29.6 Å². The van der Waals surface area contributed by atoms with Gasteiger partial charge in [-0.3, -0.25) is 4.79 Å². The molecule has 0 bridgehead atoms. The molecule has 0 fully saturated rings. The van der Waals surface area contributed by atoms with Gasteiger partial charge < -0.3 is 10.6 Å². The van der Waals surface area contributed by atoms with Crippen molar-refractivity contribution in [2.24, 2.45) is 0 Å². The van der Waals surface area contributed by atoms with E-state index in [1.807, 2.05) is 6.92 Å². The van der Waals surface area contributed by atoms with E-state index in [2.05, 4.69) is 17.6 Å². The topological polar surface area (TPSA) is 64.9 Å². The summed E-state index contributed by atoms with van der Waals surface area (Å²) in [5.41, 5.74) is 0.510. The number of nitrogens with zero attached hydrogens (tertiary/aromatic N) is 1. The molecule has 0 aromatic heterocycles. The van der Waals surface area contributed by atoms with Crippen LogP contribution in [-0.4, -0.2) is 18.0 Å². The summed E-state index contributed by atoms with van der Waals surface area (Å²) in [5, 5.41) is 14.6. The van der Waals surface area contributed by atoms with E-state index >= 15 is 0 Å². The second kappa shape index (κ2) is 7.49. The minimum absolute atomic E-state index is 0.0399. The molecule has 1 aromatic carbocycles. The second-order valence-corrected chi connectivity index (χ2v) is 4.87. The molecular weight excluding hydrogens is 257 g/mol. The smallest absolute Gasteiger partial charge is 0.242 e. The molecule has 1 amide bonds. The zero-order valence-corrected chi connectivity index (χ0v) is 12.0. The third-order valence-corrected chi connectivity index (χ3v) is 2.97.